The quantitative estimate of drug-likeness (QED) is 0.385. The molecule has 1 aliphatic heterocycles. The van der Waals surface area contributed by atoms with Gasteiger partial charge in [0.1, 0.15) is 12.3 Å². The van der Waals surface area contributed by atoms with Crippen molar-refractivity contribution in [3.05, 3.63) is 10.4 Å². The Morgan fingerprint density at radius 2 is 2.38 bits per heavy atom. The lowest BCUT2D eigenvalue weighted by molar-refractivity contribution is -0.107. The van der Waals surface area contributed by atoms with Crippen LogP contribution >= 0.6 is 0 Å². The number of nitrogens with two attached hydrogens (primary N) is 1. The highest BCUT2D eigenvalue weighted by Crippen LogP contribution is 2.25. The Bertz CT molecular complexity index is 577. The number of anilines is 3. The van der Waals surface area contributed by atoms with Gasteiger partial charge in [-0.2, -0.15) is 4.98 Å². The van der Waals surface area contributed by atoms with Gasteiger partial charge in [-0.3, -0.25) is 14.6 Å². The van der Waals surface area contributed by atoms with Crippen molar-refractivity contribution in [1.29, 1.82) is 0 Å². The van der Waals surface area contributed by atoms with Crippen LogP contribution in [-0.2, 0) is 9.53 Å². The fourth-order valence-corrected chi connectivity index (χ4v) is 2.10. The first-order chi connectivity index (χ1) is 9.96. The molecule has 0 aromatic carbocycles. The number of amides is 1. The number of nitrogen functional groups attached to an aromatic ring is 1. The van der Waals surface area contributed by atoms with Crippen molar-refractivity contribution in [2.45, 2.75) is 24.9 Å². The third-order valence-corrected chi connectivity index (χ3v) is 3.13. The first kappa shape index (κ1) is 15.2. The molecule has 0 radical (unpaired) electrons. The zero-order valence-electron chi connectivity index (χ0n) is 11.3. The van der Waals surface area contributed by atoms with Gasteiger partial charge in [0.05, 0.1) is 12.7 Å². The average Bonchev–Trinajstić information content (AvgIpc) is 2.77. The van der Waals surface area contributed by atoms with Crippen LogP contribution in [0.5, 0.6) is 0 Å². The molecule has 0 aliphatic carbocycles. The Hall–Kier alpha value is -2.17. The number of aliphatic hydroxyl groups is 2. The van der Waals surface area contributed by atoms with Gasteiger partial charge in [-0.1, -0.05) is 0 Å². The molecule has 1 fully saturated rings. The Labute approximate surface area is 119 Å². The van der Waals surface area contributed by atoms with E-state index in [9.17, 15) is 14.7 Å². The SMILES string of the molecule is CN(C=O)c1c(N[C@H]2C[C@H](O)[C@@H](CO)O2)nc(N)[nH]c1=O. The molecule has 116 valence electrons. The summed E-state index contributed by atoms with van der Waals surface area (Å²) in [6, 6.07) is 0. The highest BCUT2D eigenvalue weighted by atomic mass is 16.5. The lowest BCUT2D eigenvalue weighted by Crippen LogP contribution is -2.30. The number of nitrogens with zero attached hydrogens (tertiary/aromatic N) is 2. The number of carbonyl (C=O) groups is 1. The maximum Gasteiger partial charge on any atom is 0.278 e. The second-order valence-corrected chi connectivity index (χ2v) is 4.66. The predicted octanol–water partition coefficient (Wildman–Crippen LogP) is -2.18. The molecule has 2 rings (SSSR count). The zero-order chi connectivity index (χ0) is 15.6. The summed E-state index contributed by atoms with van der Waals surface area (Å²) in [5.41, 5.74) is 4.87. The number of hydrogen-bond acceptors (Lipinski definition) is 8. The normalized spacial score (nSPS) is 24.8. The molecule has 0 saturated carbocycles. The molecule has 1 aliphatic rings. The molecule has 0 spiro atoms. The Balaban J connectivity index is 2.27. The van der Waals surface area contributed by atoms with E-state index in [-0.39, 0.29) is 30.5 Å². The fraction of sp³-hybridized carbons (Fsp3) is 0.545. The number of ether oxygens (including phenoxy) is 1. The van der Waals surface area contributed by atoms with Crippen LogP contribution in [0.2, 0.25) is 0 Å². The standard InChI is InChI=1S/C11H17N5O5/c1-16(4-18)8-9(14-11(12)15-10(8)20)13-7-2-5(19)6(3-17)21-7/h4-7,17,19H,2-3H2,1H3,(H4,12,13,14,15,20)/t5-,6+,7+/m0/s1. The average molecular weight is 299 g/mol. The lowest BCUT2D eigenvalue weighted by atomic mass is 10.2. The maximum atomic E-state index is 11.9. The van der Waals surface area contributed by atoms with Gasteiger partial charge in [0.25, 0.3) is 5.56 Å². The first-order valence-corrected chi connectivity index (χ1v) is 6.25. The van der Waals surface area contributed by atoms with E-state index >= 15 is 0 Å². The number of nitrogens with one attached hydrogen (secondary N) is 2. The van der Waals surface area contributed by atoms with Gasteiger partial charge < -0.3 is 30.9 Å². The molecule has 21 heavy (non-hydrogen) atoms. The van der Waals surface area contributed by atoms with Gasteiger partial charge >= 0.3 is 0 Å². The maximum absolute atomic E-state index is 11.9. The van der Waals surface area contributed by atoms with Crippen LogP contribution in [-0.4, -0.2) is 58.7 Å². The summed E-state index contributed by atoms with van der Waals surface area (Å²) in [7, 11) is 1.39. The summed E-state index contributed by atoms with van der Waals surface area (Å²) in [5.74, 6) is -0.0653. The van der Waals surface area contributed by atoms with Crippen molar-refractivity contribution in [2.75, 3.05) is 29.6 Å². The van der Waals surface area contributed by atoms with Crippen molar-refractivity contribution >= 4 is 23.9 Å². The van der Waals surface area contributed by atoms with Crippen LogP contribution in [0, 0.1) is 0 Å². The summed E-state index contributed by atoms with van der Waals surface area (Å²) in [5, 5.41) is 21.5. The van der Waals surface area contributed by atoms with Crippen LogP contribution < -0.4 is 21.5 Å². The van der Waals surface area contributed by atoms with Gasteiger partial charge in [-0.25, -0.2) is 0 Å². The highest BCUT2D eigenvalue weighted by molar-refractivity contribution is 5.80. The van der Waals surface area contributed by atoms with E-state index in [1.807, 2.05) is 0 Å². The van der Waals surface area contributed by atoms with E-state index in [0.29, 0.717) is 6.41 Å². The minimum atomic E-state index is -0.834. The molecule has 1 aromatic rings. The number of H-pyrrole nitrogens is 1. The second kappa shape index (κ2) is 6.08. The molecule has 1 amide bonds. The van der Waals surface area contributed by atoms with Gasteiger partial charge in [0.2, 0.25) is 12.4 Å². The van der Waals surface area contributed by atoms with E-state index in [1.54, 1.807) is 0 Å². The van der Waals surface area contributed by atoms with Crippen molar-refractivity contribution in [3.8, 4) is 0 Å². The summed E-state index contributed by atoms with van der Waals surface area (Å²) in [6.45, 7) is -0.328. The van der Waals surface area contributed by atoms with Crippen LogP contribution in [0.4, 0.5) is 17.5 Å². The molecule has 0 unspecified atom stereocenters. The predicted molar refractivity (Wildman–Crippen MR) is 73.7 cm³/mol. The first-order valence-electron chi connectivity index (χ1n) is 6.25. The van der Waals surface area contributed by atoms with Crippen molar-refractivity contribution in [3.63, 3.8) is 0 Å². The van der Waals surface area contributed by atoms with E-state index in [0.717, 1.165) is 4.90 Å². The molecular formula is C11H17N5O5. The number of hydrogen-bond donors (Lipinski definition) is 5. The van der Waals surface area contributed by atoms with Gasteiger partial charge in [0.15, 0.2) is 11.5 Å². The van der Waals surface area contributed by atoms with Gasteiger partial charge in [-0.15, -0.1) is 0 Å². The van der Waals surface area contributed by atoms with Gasteiger partial charge in [0, 0.05) is 13.5 Å². The van der Waals surface area contributed by atoms with Gasteiger partial charge in [-0.05, 0) is 0 Å². The van der Waals surface area contributed by atoms with Crippen LogP contribution in [0.3, 0.4) is 0 Å². The molecule has 1 aromatic heterocycles. The third kappa shape index (κ3) is 3.12. The zero-order valence-corrected chi connectivity index (χ0v) is 11.3. The van der Waals surface area contributed by atoms with E-state index in [1.165, 1.54) is 7.05 Å². The summed E-state index contributed by atoms with van der Waals surface area (Å²) < 4.78 is 5.36. The minimum absolute atomic E-state index is 0.0234. The monoisotopic (exact) mass is 299 g/mol. The molecule has 3 atom stereocenters. The van der Waals surface area contributed by atoms with Crippen molar-refractivity contribution < 1.29 is 19.7 Å². The Morgan fingerprint density at radius 1 is 1.67 bits per heavy atom. The molecule has 1 saturated heterocycles. The van der Waals surface area contributed by atoms with Crippen LogP contribution in [0.1, 0.15) is 6.42 Å². The minimum Gasteiger partial charge on any atom is -0.394 e. The largest absolute Gasteiger partial charge is 0.394 e. The fourth-order valence-electron chi connectivity index (χ4n) is 2.10. The molecule has 0 bridgehead atoms. The summed E-state index contributed by atoms with van der Waals surface area (Å²) in [6.07, 6.45) is -1.56. The number of aromatic nitrogens is 2. The topological polar surface area (TPSA) is 154 Å². The summed E-state index contributed by atoms with van der Waals surface area (Å²) >= 11 is 0. The number of aromatic amines is 1. The number of carbonyl (C=O) groups excluding carboxylic acids is 1. The van der Waals surface area contributed by atoms with Crippen molar-refractivity contribution in [2.24, 2.45) is 0 Å². The molecule has 10 nitrogen and oxygen atoms in total. The third-order valence-electron chi connectivity index (χ3n) is 3.13. The van der Waals surface area contributed by atoms with Crippen molar-refractivity contribution in [1.82, 2.24) is 9.97 Å². The Morgan fingerprint density at radius 3 is 2.95 bits per heavy atom. The lowest BCUT2D eigenvalue weighted by Gasteiger charge is -2.19. The van der Waals surface area contributed by atoms with E-state index < -0.39 is 24.0 Å². The van der Waals surface area contributed by atoms with E-state index in [4.69, 9.17) is 15.6 Å². The Kier molecular flexibility index (Phi) is 4.40. The number of aliphatic hydroxyl groups excluding tert-OH is 2. The molecular weight excluding hydrogens is 282 g/mol. The summed E-state index contributed by atoms with van der Waals surface area (Å²) in [4.78, 5) is 30.0. The molecule has 2 heterocycles. The van der Waals surface area contributed by atoms with E-state index in [2.05, 4.69) is 15.3 Å². The highest BCUT2D eigenvalue weighted by Gasteiger charge is 2.34. The van der Waals surface area contributed by atoms with Crippen LogP contribution in [0.15, 0.2) is 4.79 Å². The molecule has 6 N–H and O–H groups in total. The number of rotatable bonds is 5. The second-order valence-electron chi connectivity index (χ2n) is 4.66. The van der Waals surface area contributed by atoms with Crippen LogP contribution in [0.25, 0.3) is 0 Å². The molecule has 10 heteroatoms. The smallest absolute Gasteiger partial charge is 0.278 e.